The Balaban J connectivity index is 1.99. The molecule has 2 heterocycles. The van der Waals surface area contributed by atoms with Crippen molar-refractivity contribution in [1.82, 2.24) is 4.57 Å². The topological polar surface area (TPSA) is 107 Å². The lowest BCUT2D eigenvalue weighted by Gasteiger charge is -2.25. The van der Waals surface area contributed by atoms with Crippen LogP contribution in [0.2, 0.25) is 0 Å². The Labute approximate surface area is 229 Å². The number of aromatic nitrogens is 1. The zero-order valence-electron chi connectivity index (χ0n) is 22.8. The number of fused-ring (bicyclic) bond motifs is 1. The van der Waals surface area contributed by atoms with Gasteiger partial charge in [0.05, 0.1) is 64.0 Å². The molecule has 1 aromatic heterocycles. The predicted molar refractivity (Wildman–Crippen MR) is 146 cm³/mol. The molecular weight excluding hydrogens is 524 g/mol. The summed E-state index contributed by atoms with van der Waals surface area (Å²) in [7, 11) is 7.63. The first-order chi connectivity index (χ1) is 18.8. The van der Waals surface area contributed by atoms with Crippen LogP contribution in [0.4, 0.5) is 0 Å². The van der Waals surface area contributed by atoms with E-state index < -0.39 is 12.0 Å². The molecule has 1 aliphatic rings. The van der Waals surface area contributed by atoms with E-state index in [-0.39, 0.29) is 17.7 Å². The minimum Gasteiger partial charge on any atom is -0.493 e. The molecular formula is C28H30N2O8S. The van der Waals surface area contributed by atoms with Crippen LogP contribution in [0, 0.1) is 0 Å². The van der Waals surface area contributed by atoms with Crippen LogP contribution >= 0.6 is 11.3 Å². The Kier molecular flexibility index (Phi) is 8.29. The van der Waals surface area contributed by atoms with E-state index in [2.05, 4.69) is 4.99 Å². The van der Waals surface area contributed by atoms with Gasteiger partial charge in [0.25, 0.3) is 5.56 Å². The monoisotopic (exact) mass is 554 g/mol. The Morgan fingerprint density at radius 2 is 1.62 bits per heavy atom. The SMILES string of the molecule is CCOC(=O)C1=C(C)N=c2s/c(=C\c3ccc(OC)c(OC)c3OC)c(=O)n2[C@H]1c1ccc(OC)c(OC)c1. The number of thiazole rings is 1. The molecule has 0 bridgehead atoms. The highest BCUT2D eigenvalue weighted by Crippen LogP contribution is 2.40. The third-order valence-corrected chi connectivity index (χ3v) is 7.24. The summed E-state index contributed by atoms with van der Waals surface area (Å²) in [5.74, 6) is 1.76. The maximum absolute atomic E-state index is 13.9. The van der Waals surface area contributed by atoms with Gasteiger partial charge >= 0.3 is 5.97 Å². The van der Waals surface area contributed by atoms with E-state index in [4.69, 9.17) is 28.4 Å². The Bertz CT molecular complexity index is 1620. The van der Waals surface area contributed by atoms with E-state index >= 15 is 0 Å². The highest BCUT2D eigenvalue weighted by Gasteiger charge is 2.34. The van der Waals surface area contributed by atoms with Crippen molar-refractivity contribution in [3.8, 4) is 28.7 Å². The fraction of sp³-hybridized carbons (Fsp3) is 0.321. The van der Waals surface area contributed by atoms with E-state index in [1.165, 1.54) is 51.5 Å². The van der Waals surface area contributed by atoms with Gasteiger partial charge in [-0.1, -0.05) is 17.4 Å². The molecule has 0 spiro atoms. The molecule has 0 saturated heterocycles. The molecule has 1 atom stereocenters. The molecule has 11 heteroatoms. The van der Waals surface area contributed by atoms with Crippen LogP contribution < -0.4 is 38.6 Å². The van der Waals surface area contributed by atoms with Gasteiger partial charge in [-0.25, -0.2) is 9.79 Å². The van der Waals surface area contributed by atoms with Crippen molar-refractivity contribution >= 4 is 23.4 Å². The summed E-state index contributed by atoms with van der Waals surface area (Å²) >= 11 is 1.20. The minimum absolute atomic E-state index is 0.178. The number of benzene rings is 2. The van der Waals surface area contributed by atoms with Crippen molar-refractivity contribution < 1.29 is 33.2 Å². The highest BCUT2D eigenvalue weighted by molar-refractivity contribution is 7.07. The van der Waals surface area contributed by atoms with Gasteiger partial charge in [0.1, 0.15) is 0 Å². The number of allylic oxidation sites excluding steroid dienone is 1. The third-order valence-electron chi connectivity index (χ3n) is 6.26. The van der Waals surface area contributed by atoms with Crippen molar-refractivity contribution in [3.05, 3.63) is 72.4 Å². The Morgan fingerprint density at radius 3 is 2.23 bits per heavy atom. The van der Waals surface area contributed by atoms with Crippen molar-refractivity contribution in [1.29, 1.82) is 0 Å². The van der Waals surface area contributed by atoms with Gasteiger partial charge in [0.15, 0.2) is 27.8 Å². The number of rotatable bonds is 9. The van der Waals surface area contributed by atoms with E-state index in [0.717, 1.165) is 0 Å². The third kappa shape index (κ3) is 4.97. The molecule has 0 amide bonds. The van der Waals surface area contributed by atoms with E-state index in [1.807, 2.05) is 0 Å². The first kappa shape index (κ1) is 27.8. The lowest BCUT2D eigenvalue weighted by atomic mass is 9.95. The quantitative estimate of drug-likeness (QED) is 0.372. The highest BCUT2D eigenvalue weighted by atomic mass is 32.1. The fourth-order valence-corrected chi connectivity index (χ4v) is 5.55. The van der Waals surface area contributed by atoms with E-state index in [1.54, 1.807) is 50.3 Å². The second-order valence-electron chi connectivity index (χ2n) is 8.34. The normalized spacial score (nSPS) is 14.8. The molecule has 4 rings (SSSR count). The average molecular weight is 555 g/mol. The van der Waals surface area contributed by atoms with Gasteiger partial charge in [-0.3, -0.25) is 9.36 Å². The second kappa shape index (κ2) is 11.6. The molecule has 3 aromatic rings. The molecule has 10 nitrogen and oxygen atoms in total. The van der Waals surface area contributed by atoms with Gasteiger partial charge < -0.3 is 28.4 Å². The molecule has 0 N–H and O–H groups in total. The first-order valence-corrected chi connectivity index (χ1v) is 12.9. The van der Waals surface area contributed by atoms with Gasteiger partial charge in [-0.2, -0.15) is 0 Å². The van der Waals surface area contributed by atoms with E-state index in [9.17, 15) is 9.59 Å². The van der Waals surface area contributed by atoms with Gasteiger partial charge in [-0.05, 0) is 49.8 Å². The molecule has 1 aliphatic heterocycles. The molecule has 0 unspecified atom stereocenters. The molecule has 39 heavy (non-hydrogen) atoms. The summed E-state index contributed by atoms with van der Waals surface area (Å²) in [6.45, 7) is 3.64. The van der Waals surface area contributed by atoms with Gasteiger partial charge in [0, 0.05) is 5.56 Å². The summed E-state index contributed by atoms with van der Waals surface area (Å²) in [5.41, 5.74) is 1.66. The maximum atomic E-state index is 13.9. The zero-order chi connectivity index (χ0) is 28.3. The van der Waals surface area contributed by atoms with Gasteiger partial charge in [-0.15, -0.1) is 0 Å². The predicted octanol–water partition coefficient (Wildman–Crippen LogP) is 2.84. The number of hydrogen-bond donors (Lipinski definition) is 0. The average Bonchev–Trinajstić information content (AvgIpc) is 3.25. The minimum atomic E-state index is -0.797. The summed E-state index contributed by atoms with van der Waals surface area (Å²) in [6, 6.07) is 7.99. The van der Waals surface area contributed by atoms with Crippen LogP contribution in [0.5, 0.6) is 28.7 Å². The van der Waals surface area contributed by atoms with Crippen LogP contribution in [-0.4, -0.2) is 52.7 Å². The zero-order valence-corrected chi connectivity index (χ0v) is 23.6. The molecule has 0 saturated carbocycles. The summed E-state index contributed by atoms with van der Waals surface area (Å²) in [6.07, 6.45) is 1.71. The van der Waals surface area contributed by atoms with Crippen molar-refractivity contribution in [2.45, 2.75) is 19.9 Å². The molecule has 0 aliphatic carbocycles. The first-order valence-electron chi connectivity index (χ1n) is 12.0. The van der Waals surface area contributed by atoms with Crippen molar-refractivity contribution in [3.63, 3.8) is 0 Å². The largest absolute Gasteiger partial charge is 0.493 e. The van der Waals surface area contributed by atoms with Gasteiger partial charge in [0.2, 0.25) is 5.75 Å². The van der Waals surface area contributed by atoms with Crippen LogP contribution in [-0.2, 0) is 9.53 Å². The van der Waals surface area contributed by atoms with Crippen LogP contribution in [0.3, 0.4) is 0 Å². The number of hydrogen-bond acceptors (Lipinski definition) is 10. The Morgan fingerprint density at radius 1 is 0.949 bits per heavy atom. The number of nitrogens with zero attached hydrogens (tertiary/aromatic N) is 2. The maximum Gasteiger partial charge on any atom is 0.338 e. The van der Waals surface area contributed by atoms with Crippen LogP contribution in [0.15, 0.2) is 51.4 Å². The summed E-state index contributed by atoms with van der Waals surface area (Å²) < 4.78 is 34.6. The van der Waals surface area contributed by atoms with Crippen LogP contribution in [0.1, 0.15) is 31.0 Å². The number of ether oxygens (including phenoxy) is 6. The number of carbonyl (C=O) groups excluding carboxylic acids is 1. The summed E-state index contributed by atoms with van der Waals surface area (Å²) in [4.78, 5) is 32.1. The molecule has 206 valence electrons. The second-order valence-corrected chi connectivity index (χ2v) is 9.35. The fourth-order valence-electron chi connectivity index (χ4n) is 4.51. The molecule has 2 aromatic carbocycles. The smallest absolute Gasteiger partial charge is 0.338 e. The lowest BCUT2D eigenvalue weighted by Crippen LogP contribution is -2.40. The van der Waals surface area contributed by atoms with Crippen molar-refractivity contribution in [2.24, 2.45) is 4.99 Å². The van der Waals surface area contributed by atoms with E-state index in [0.29, 0.717) is 54.9 Å². The lowest BCUT2D eigenvalue weighted by molar-refractivity contribution is -0.139. The standard InChI is InChI=1S/C28H30N2O8S/c1-8-38-27(32)22-15(2)29-28-30(23(22)16-9-11-18(33-3)20(13-16)35-5)26(31)21(39-28)14-17-10-12-19(34-4)25(37-7)24(17)36-6/h9-14,23H,8H2,1-7H3/b21-14-/t23-/m0/s1. The molecule has 0 radical (unpaired) electrons. The summed E-state index contributed by atoms with van der Waals surface area (Å²) in [5, 5.41) is 0. The number of carbonyl (C=O) groups is 1. The van der Waals surface area contributed by atoms with Crippen LogP contribution in [0.25, 0.3) is 6.08 Å². The number of methoxy groups -OCH3 is 5. The Hall–Kier alpha value is -4.25. The number of esters is 1. The molecule has 0 fully saturated rings. The van der Waals surface area contributed by atoms with Crippen molar-refractivity contribution in [2.75, 3.05) is 42.2 Å².